The van der Waals surface area contributed by atoms with E-state index >= 15 is 0 Å². The maximum atomic E-state index is 12.8. The normalized spacial score (nSPS) is 13.2. The summed E-state index contributed by atoms with van der Waals surface area (Å²) in [7, 11) is -4.40. The fourth-order valence-electron chi connectivity index (χ4n) is 12.8. The molecular formula is C87H162NO8P. The molecule has 0 radical (unpaired) electrons. The molecule has 0 heterocycles. The molecule has 3 N–H and O–H groups in total. The molecule has 568 valence electrons. The highest BCUT2D eigenvalue weighted by Crippen LogP contribution is 2.43. The molecule has 0 fully saturated rings. The molecule has 0 aromatic rings. The molecule has 0 aliphatic rings. The number of ether oxygens (including phenoxy) is 2. The second-order valence-corrected chi connectivity index (χ2v) is 30.1. The van der Waals surface area contributed by atoms with Crippen molar-refractivity contribution in [2.75, 3.05) is 26.4 Å². The Kier molecular flexibility index (Phi) is 80.2. The molecular weight excluding hydrogens is 1220 g/mol. The Labute approximate surface area is 602 Å². The van der Waals surface area contributed by atoms with Crippen LogP contribution in [0.15, 0.2) is 72.9 Å². The molecule has 2 atom stereocenters. The fraction of sp³-hybridized carbons (Fsp3) is 0.839. The van der Waals surface area contributed by atoms with Gasteiger partial charge in [0.25, 0.3) is 0 Å². The summed E-state index contributed by atoms with van der Waals surface area (Å²) in [6.45, 7) is 3.71. The Balaban J connectivity index is 3.73. The van der Waals surface area contributed by atoms with Gasteiger partial charge in [0.2, 0.25) is 0 Å². The van der Waals surface area contributed by atoms with E-state index in [-0.39, 0.29) is 38.6 Å². The molecule has 0 saturated carbocycles. The van der Waals surface area contributed by atoms with Crippen molar-refractivity contribution in [1.29, 1.82) is 0 Å². The summed E-state index contributed by atoms with van der Waals surface area (Å²) in [6, 6.07) is 0. The molecule has 0 aliphatic heterocycles. The number of rotatable bonds is 81. The van der Waals surface area contributed by atoms with Crippen LogP contribution in [0, 0.1) is 0 Å². The number of carbonyl (C=O) groups is 2. The van der Waals surface area contributed by atoms with Gasteiger partial charge in [-0.25, -0.2) is 4.57 Å². The van der Waals surface area contributed by atoms with Crippen LogP contribution in [-0.4, -0.2) is 49.3 Å². The van der Waals surface area contributed by atoms with E-state index < -0.39 is 26.5 Å². The minimum atomic E-state index is -4.40. The average Bonchev–Trinajstić information content (AvgIpc) is 2.88. The average molecular weight is 1380 g/mol. The monoisotopic (exact) mass is 1380 g/mol. The van der Waals surface area contributed by atoms with E-state index in [9.17, 15) is 19.0 Å². The Hall–Kier alpha value is -2.55. The van der Waals surface area contributed by atoms with Gasteiger partial charge in [-0.2, -0.15) is 0 Å². The van der Waals surface area contributed by atoms with Crippen molar-refractivity contribution in [2.24, 2.45) is 5.73 Å². The molecule has 0 aromatic carbocycles. The van der Waals surface area contributed by atoms with Gasteiger partial charge in [0.1, 0.15) is 6.61 Å². The zero-order valence-corrected chi connectivity index (χ0v) is 65.2. The minimum Gasteiger partial charge on any atom is -0.462 e. The van der Waals surface area contributed by atoms with Crippen LogP contribution in [0.25, 0.3) is 0 Å². The predicted molar refractivity (Wildman–Crippen MR) is 423 cm³/mol. The summed E-state index contributed by atoms with van der Waals surface area (Å²) in [6.07, 6.45) is 111. The number of carbonyl (C=O) groups excluding carboxylic acids is 2. The topological polar surface area (TPSA) is 134 Å². The zero-order chi connectivity index (χ0) is 70.0. The van der Waals surface area contributed by atoms with E-state index in [0.29, 0.717) is 6.42 Å². The number of phosphoric ester groups is 1. The van der Waals surface area contributed by atoms with Gasteiger partial charge in [0.05, 0.1) is 13.2 Å². The van der Waals surface area contributed by atoms with Crippen LogP contribution in [0.3, 0.4) is 0 Å². The summed E-state index contributed by atoms with van der Waals surface area (Å²) in [5, 5.41) is 0. The third kappa shape index (κ3) is 82.3. The minimum absolute atomic E-state index is 0.0554. The van der Waals surface area contributed by atoms with Crippen molar-refractivity contribution in [3.63, 3.8) is 0 Å². The molecule has 97 heavy (non-hydrogen) atoms. The number of nitrogens with two attached hydrogens (primary N) is 1. The third-order valence-electron chi connectivity index (χ3n) is 19.1. The predicted octanol–water partition coefficient (Wildman–Crippen LogP) is 28.7. The zero-order valence-electron chi connectivity index (χ0n) is 64.3. The summed E-state index contributed by atoms with van der Waals surface area (Å²) in [5.41, 5.74) is 5.42. The first-order chi connectivity index (χ1) is 47.8. The Bertz CT molecular complexity index is 1830. The molecule has 0 aliphatic carbocycles. The van der Waals surface area contributed by atoms with Gasteiger partial charge in [-0.15, -0.1) is 0 Å². The number of hydrogen-bond donors (Lipinski definition) is 2. The molecule has 0 aromatic heterocycles. The van der Waals surface area contributed by atoms with Gasteiger partial charge < -0.3 is 20.1 Å². The Morgan fingerprint density at radius 3 is 0.856 bits per heavy atom. The number of esters is 2. The largest absolute Gasteiger partial charge is 0.472 e. The van der Waals surface area contributed by atoms with E-state index in [1.165, 1.54) is 340 Å². The van der Waals surface area contributed by atoms with E-state index in [0.717, 1.165) is 64.2 Å². The van der Waals surface area contributed by atoms with Crippen molar-refractivity contribution in [3.8, 4) is 0 Å². The molecule has 0 bridgehead atoms. The van der Waals surface area contributed by atoms with Gasteiger partial charge in [0, 0.05) is 19.4 Å². The fourth-order valence-corrected chi connectivity index (χ4v) is 13.6. The lowest BCUT2D eigenvalue weighted by atomic mass is 10.0. The maximum Gasteiger partial charge on any atom is 0.472 e. The van der Waals surface area contributed by atoms with Gasteiger partial charge in [-0.3, -0.25) is 18.6 Å². The lowest BCUT2D eigenvalue weighted by molar-refractivity contribution is -0.161. The first-order valence-corrected chi connectivity index (χ1v) is 43.9. The van der Waals surface area contributed by atoms with Crippen LogP contribution in [-0.2, 0) is 32.7 Å². The van der Waals surface area contributed by atoms with Crippen molar-refractivity contribution < 1.29 is 37.6 Å². The molecule has 0 rings (SSSR count). The number of phosphoric acid groups is 1. The number of allylic oxidation sites excluding steroid dienone is 12. The molecule has 0 spiro atoms. The van der Waals surface area contributed by atoms with Gasteiger partial charge in [-0.05, 0) is 83.5 Å². The van der Waals surface area contributed by atoms with Crippen LogP contribution in [0.5, 0.6) is 0 Å². The van der Waals surface area contributed by atoms with Crippen LogP contribution >= 0.6 is 7.82 Å². The molecule has 0 saturated heterocycles. The maximum absolute atomic E-state index is 12.8. The second-order valence-electron chi connectivity index (χ2n) is 28.7. The van der Waals surface area contributed by atoms with Gasteiger partial charge >= 0.3 is 19.8 Å². The smallest absolute Gasteiger partial charge is 0.462 e. The highest BCUT2D eigenvalue weighted by Gasteiger charge is 2.26. The van der Waals surface area contributed by atoms with Crippen molar-refractivity contribution in [1.82, 2.24) is 0 Å². The lowest BCUT2D eigenvalue weighted by Gasteiger charge is -2.19. The standard InChI is InChI=1S/C87H162NO8P/c1-3-5-7-9-11-13-15-17-19-21-23-25-27-29-31-33-35-37-39-41-42-44-46-48-50-52-54-56-58-60-62-64-66-68-70-72-74-76-78-80-87(90)96-85(84-95-97(91,92)94-82-81-88)83-93-86(89)79-77-75-73-71-69-67-65-63-61-59-57-55-53-51-49-47-45-43-40-38-36-34-32-30-28-26-24-22-20-18-16-14-12-10-8-6-4-2/h5,7,11,13,17,19,22-25,29,31,85H,3-4,6,8-10,12,14-16,18,20-21,26-28,30,32-84,88H2,1-2H3,(H,91,92)/b7-5-,13-11-,19-17-,24-22-,25-23-,31-29-. The van der Waals surface area contributed by atoms with Crippen molar-refractivity contribution in [3.05, 3.63) is 72.9 Å². The summed E-state index contributed by atoms with van der Waals surface area (Å²) < 4.78 is 33.3. The van der Waals surface area contributed by atoms with Crippen LogP contribution in [0.4, 0.5) is 0 Å². The van der Waals surface area contributed by atoms with E-state index in [1.807, 2.05) is 0 Å². The van der Waals surface area contributed by atoms with Gasteiger partial charge in [0.15, 0.2) is 6.10 Å². The van der Waals surface area contributed by atoms with E-state index in [2.05, 4.69) is 86.8 Å². The van der Waals surface area contributed by atoms with Gasteiger partial charge in [-0.1, -0.05) is 414 Å². The summed E-state index contributed by atoms with van der Waals surface area (Å²) >= 11 is 0. The third-order valence-corrected chi connectivity index (χ3v) is 20.1. The Morgan fingerprint density at radius 2 is 0.567 bits per heavy atom. The summed E-state index contributed by atoms with van der Waals surface area (Å²) in [5.74, 6) is -0.802. The quantitative estimate of drug-likeness (QED) is 0.0264. The summed E-state index contributed by atoms with van der Waals surface area (Å²) in [4.78, 5) is 35.5. The molecule has 0 amide bonds. The SMILES string of the molecule is CC/C=C\C/C=C\C/C=C\C/C=C\C/C=C\CCCCCCCCCCCCCCCCCCCCCCCCCC(=O)OC(COC(=O)CCCCCCCCCCCCCCCCCCCCCCCCCCC/C=C\CCCCCCCCCC)COP(=O)(O)OCCN. The van der Waals surface area contributed by atoms with Crippen molar-refractivity contribution in [2.45, 2.75) is 444 Å². The molecule has 9 nitrogen and oxygen atoms in total. The van der Waals surface area contributed by atoms with Crippen molar-refractivity contribution >= 4 is 19.8 Å². The first-order valence-electron chi connectivity index (χ1n) is 42.4. The van der Waals surface area contributed by atoms with E-state index in [1.54, 1.807) is 0 Å². The highest BCUT2D eigenvalue weighted by atomic mass is 31.2. The Morgan fingerprint density at radius 1 is 0.320 bits per heavy atom. The van der Waals surface area contributed by atoms with Crippen LogP contribution in [0.2, 0.25) is 0 Å². The molecule has 10 heteroatoms. The van der Waals surface area contributed by atoms with E-state index in [4.69, 9.17) is 24.3 Å². The van der Waals surface area contributed by atoms with Crippen LogP contribution < -0.4 is 5.73 Å². The first kappa shape index (κ1) is 94.5. The second kappa shape index (κ2) is 82.4. The molecule has 2 unspecified atom stereocenters. The van der Waals surface area contributed by atoms with Crippen LogP contribution in [0.1, 0.15) is 438 Å². The number of unbranched alkanes of at least 4 members (excludes halogenated alkanes) is 56. The lowest BCUT2D eigenvalue weighted by Crippen LogP contribution is -2.29. The highest BCUT2D eigenvalue weighted by molar-refractivity contribution is 7.47. The number of hydrogen-bond acceptors (Lipinski definition) is 8.